The average Bonchev–Trinajstić information content (AvgIpc) is 3.07. The second-order valence-corrected chi connectivity index (χ2v) is 7.07. The summed E-state index contributed by atoms with van der Waals surface area (Å²) in [6.07, 6.45) is 5.76. The normalized spacial score (nSPS) is 28.9. The third-order valence-corrected chi connectivity index (χ3v) is 5.67. The second kappa shape index (κ2) is 6.00. The molecule has 2 heteroatoms. The predicted molar refractivity (Wildman–Crippen MR) is 87.8 cm³/mol. The fourth-order valence-electron chi connectivity index (χ4n) is 4.90. The number of methoxy groups -OCH3 is 1. The minimum Gasteiger partial charge on any atom is -0.496 e. The fourth-order valence-corrected chi connectivity index (χ4v) is 4.90. The molecule has 2 aliphatic carbocycles. The van der Waals surface area contributed by atoms with E-state index in [1.807, 2.05) is 7.11 Å². The van der Waals surface area contributed by atoms with E-state index in [0.717, 1.165) is 30.0 Å². The number of aryl methyl sites for hydroxylation is 2. The molecule has 2 aliphatic rings. The topological polar surface area (TPSA) is 21.3 Å². The van der Waals surface area contributed by atoms with E-state index in [2.05, 4.69) is 38.2 Å². The van der Waals surface area contributed by atoms with Crippen LogP contribution >= 0.6 is 0 Å². The summed E-state index contributed by atoms with van der Waals surface area (Å²) >= 11 is 0. The first-order valence-electron chi connectivity index (χ1n) is 8.52. The van der Waals surface area contributed by atoms with Gasteiger partial charge in [-0.2, -0.15) is 0 Å². The van der Waals surface area contributed by atoms with Gasteiger partial charge >= 0.3 is 0 Å². The summed E-state index contributed by atoms with van der Waals surface area (Å²) in [5, 5.41) is 3.78. The summed E-state index contributed by atoms with van der Waals surface area (Å²) < 4.78 is 5.73. The van der Waals surface area contributed by atoms with Crippen LogP contribution in [0.4, 0.5) is 0 Å². The molecule has 0 amide bonds. The number of hydrogen-bond acceptors (Lipinski definition) is 2. The molecule has 3 rings (SSSR count). The Morgan fingerprint density at radius 3 is 2.62 bits per heavy atom. The van der Waals surface area contributed by atoms with Crippen molar-refractivity contribution in [3.05, 3.63) is 28.8 Å². The monoisotopic (exact) mass is 287 g/mol. The van der Waals surface area contributed by atoms with Crippen molar-refractivity contribution in [2.45, 2.75) is 52.5 Å². The Hall–Kier alpha value is -1.02. The van der Waals surface area contributed by atoms with Gasteiger partial charge in [0.1, 0.15) is 5.75 Å². The largest absolute Gasteiger partial charge is 0.496 e. The van der Waals surface area contributed by atoms with Crippen LogP contribution in [0.5, 0.6) is 5.75 Å². The van der Waals surface area contributed by atoms with E-state index >= 15 is 0 Å². The molecule has 2 nitrogen and oxygen atoms in total. The quantitative estimate of drug-likeness (QED) is 0.866. The van der Waals surface area contributed by atoms with Gasteiger partial charge in [-0.05, 0) is 74.6 Å². The van der Waals surface area contributed by atoms with Crippen LogP contribution in [0.1, 0.15) is 55.3 Å². The molecule has 0 aliphatic heterocycles. The van der Waals surface area contributed by atoms with Crippen molar-refractivity contribution < 1.29 is 4.74 Å². The smallest absolute Gasteiger partial charge is 0.124 e. The summed E-state index contributed by atoms with van der Waals surface area (Å²) in [6, 6.07) is 4.95. The van der Waals surface area contributed by atoms with Crippen LogP contribution in [0.3, 0.4) is 0 Å². The van der Waals surface area contributed by atoms with E-state index in [1.54, 1.807) is 0 Å². The second-order valence-electron chi connectivity index (χ2n) is 7.07. The lowest BCUT2D eigenvalue weighted by Crippen LogP contribution is -2.32. The molecule has 0 spiro atoms. The van der Waals surface area contributed by atoms with Crippen LogP contribution < -0.4 is 10.1 Å². The first kappa shape index (κ1) is 14.9. The number of hydrogen-bond donors (Lipinski definition) is 1. The Morgan fingerprint density at radius 2 is 2.05 bits per heavy atom. The van der Waals surface area contributed by atoms with Crippen LogP contribution in [0.15, 0.2) is 12.1 Å². The van der Waals surface area contributed by atoms with Crippen LogP contribution in [0.2, 0.25) is 0 Å². The molecular formula is C19H29NO. The van der Waals surface area contributed by atoms with E-state index < -0.39 is 0 Å². The molecule has 1 aromatic carbocycles. The number of rotatable bonds is 5. The van der Waals surface area contributed by atoms with Crippen LogP contribution in [-0.4, -0.2) is 13.7 Å². The number of nitrogens with one attached hydrogen (secondary N) is 1. The molecule has 2 bridgehead atoms. The summed E-state index contributed by atoms with van der Waals surface area (Å²) in [7, 11) is 1.81. The van der Waals surface area contributed by atoms with E-state index in [0.29, 0.717) is 6.04 Å². The van der Waals surface area contributed by atoms with Gasteiger partial charge in [0.25, 0.3) is 0 Å². The van der Waals surface area contributed by atoms with Gasteiger partial charge in [0.05, 0.1) is 7.11 Å². The Balaban J connectivity index is 1.97. The lowest BCUT2D eigenvalue weighted by molar-refractivity contribution is 0.247. The van der Waals surface area contributed by atoms with Gasteiger partial charge < -0.3 is 10.1 Å². The zero-order valence-electron chi connectivity index (χ0n) is 13.9. The molecule has 1 aromatic rings. The summed E-state index contributed by atoms with van der Waals surface area (Å²) in [4.78, 5) is 0. The highest BCUT2D eigenvalue weighted by Gasteiger charge is 2.44. The maximum atomic E-state index is 5.73. The van der Waals surface area contributed by atoms with E-state index in [1.165, 1.54) is 42.4 Å². The van der Waals surface area contributed by atoms with Gasteiger partial charge in [-0.15, -0.1) is 0 Å². The van der Waals surface area contributed by atoms with Crippen LogP contribution in [0.25, 0.3) is 0 Å². The Bertz CT molecular complexity index is 511. The van der Waals surface area contributed by atoms with Crippen molar-refractivity contribution in [3.63, 3.8) is 0 Å². The highest BCUT2D eigenvalue weighted by Crippen LogP contribution is 2.53. The Kier molecular flexibility index (Phi) is 4.26. The van der Waals surface area contributed by atoms with E-state index in [-0.39, 0.29) is 0 Å². The molecule has 4 atom stereocenters. The zero-order chi connectivity index (χ0) is 15.0. The lowest BCUT2D eigenvalue weighted by atomic mass is 9.79. The molecule has 116 valence electrons. The molecule has 0 heterocycles. The third kappa shape index (κ3) is 2.70. The molecule has 4 unspecified atom stereocenters. The zero-order valence-corrected chi connectivity index (χ0v) is 13.9. The average molecular weight is 287 g/mol. The van der Waals surface area contributed by atoms with E-state index in [9.17, 15) is 0 Å². The number of benzene rings is 1. The minimum atomic E-state index is 0.459. The van der Waals surface area contributed by atoms with Crippen LogP contribution in [-0.2, 0) is 0 Å². The van der Waals surface area contributed by atoms with Gasteiger partial charge in [0, 0.05) is 11.6 Å². The van der Waals surface area contributed by atoms with Crippen molar-refractivity contribution in [3.8, 4) is 5.75 Å². The molecule has 2 saturated carbocycles. The fraction of sp³-hybridized carbons (Fsp3) is 0.684. The first-order chi connectivity index (χ1) is 10.1. The van der Waals surface area contributed by atoms with Gasteiger partial charge in [-0.1, -0.05) is 19.4 Å². The molecule has 2 fully saturated rings. The number of fused-ring (bicyclic) bond motifs is 2. The lowest BCUT2D eigenvalue weighted by Gasteiger charge is -2.33. The highest BCUT2D eigenvalue weighted by atomic mass is 16.5. The van der Waals surface area contributed by atoms with Gasteiger partial charge in [0.2, 0.25) is 0 Å². The molecule has 0 aromatic heterocycles. The van der Waals surface area contributed by atoms with Crippen molar-refractivity contribution in [2.24, 2.45) is 17.8 Å². The first-order valence-corrected chi connectivity index (χ1v) is 8.52. The third-order valence-electron chi connectivity index (χ3n) is 5.67. The van der Waals surface area contributed by atoms with Crippen molar-refractivity contribution in [1.82, 2.24) is 5.32 Å². The Morgan fingerprint density at radius 1 is 1.24 bits per heavy atom. The predicted octanol–water partition coefficient (Wildman–Crippen LogP) is 4.40. The summed E-state index contributed by atoms with van der Waals surface area (Å²) in [6.45, 7) is 7.63. The summed E-state index contributed by atoms with van der Waals surface area (Å²) in [5.41, 5.74) is 4.07. The van der Waals surface area contributed by atoms with Gasteiger partial charge in [-0.3, -0.25) is 0 Å². The minimum absolute atomic E-state index is 0.459. The SMILES string of the molecule is CCNC(c1c(C)cc(C)cc1OC)C1CC2CCC1C2. The maximum absolute atomic E-state index is 5.73. The number of ether oxygens (including phenoxy) is 1. The Labute approximate surface area is 129 Å². The van der Waals surface area contributed by atoms with Crippen LogP contribution in [0, 0.1) is 31.6 Å². The maximum Gasteiger partial charge on any atom is 0.124 e. The van der Waals surface area contributed by atoms with Gasteiger partial charge in [0.15, 0.2) is 0 Å². The highest BCUT2D eigenvalue weighted by molar-refractivity contribution is 5.45. The molecule has 1 N–H and O–H groups in total. The van der Waals surface area contributed by atoms with Crippen molar-refractivity contribution in [1.29, 1.82) is 0 Å². The van der Waals surface area contributed by atoms with Gasteiger partial charge in [-0.25, -0.2) is 0 Å². The van der Waals surface area contributed by atoms with E-state index in [4.69, 9.17) is 4.74 Å². The van der Waals surface area contributed by atoms with Crippen molar-refractivity contribution >= 4 is 0 Å². The summed E-state index contributed by atoms with van der Waals surface area (Å²) in [5.74, 6) is 3.77. The molecular weight excluding hydrogens is 258 g/mol. The molecule has 0 saturated heterocycles. The molecule has 21 heavy (non-hydrogen) atoms. The molecule has 0 radical (unpaired) electrons. The standard InChI is InChI=1S/C19H29NO/c1-5-20-19(16-11-14-6-7-15(16)10-14)18-13(3)8-12(2)9-17(18)21-4/h8-9,14-16,19-20H,5-7,10-11H2,1-4H3. The van der Waals surface area contributed by atoms with Crippen molar-refractivity contribution in [2.75, 3.05) is 13.7 Å².